The second-order valence-electron chi connectivity index (χ2n) is 7.71. The number of rotatable bonds is 10. The SMILES string of the molecule is CCOCCn1c(=NC(=O)c2ccc(NS(=O)(=O)c3ccccc3)cc2)sc2cc(OCC)ccc21. The number of hydrogen-bond donors (Lipinski definition) is 1. The summed E-state index contributed by atoms with van der Waals surface area (Å²) in [5, 5.41) is 0. The molecule has 10 heteroatoms. The fraction of sp³-hybridized carbons (Fsp3) is 0.231. The topological polar surface area (TPSA) is 99.0 Å². The summed E-state index contributed by atoms with van der Waals surface area (Å²) in [6, 6.07) is 20.1. The predicted molar refractivity (Wildman–Crippen MR) is 141 cm³/mol. The Morgan fingerprint density at radius 3 is 2.44 bits per heavy atom. The van der Waals surface area contributed by atoms with Crippen molar-refractivity contribution in [2.75, 3.05) is 24.5 Å². The molecule has 0 spiro atoms. The molecule has 1 heterocycles. The number of aromatic nitrogens is 1. The second-order valence-corrected chi connectivity index (χ2v) is 10.4. The molecule has 0 aliphatic carbocycles. The third-order valence-corrected chi connectivity index (χ3v) is 7.70. The van der Waals surface area contributed by atoms with Crippen LogP contribution in [-0.2, 0) is 21.3 Å². The van der Waals surface area contributed by atoms with Crippen molar-refractivity contribution in [2.24, 2.45) is 4.99 Å². The van der Waals surface area contributed by atoms with Crippen molar-refractivity contribution in [3.8, 4) is 5.75 Å². The molecular formula is C26H27N3O5S2. The van der Waals surface area contributed by atoms with Gasteiger partial charge >= 0.3 is 0 Å². The van der Waals surface area contributed by atoms with Gasteiger partial charge in [0.25, 0.3) is 15.9 Å². The van der Waals surface area contributed by atoms with Gasteiger partial charge in [0.05, 0.1) is 28.3 Å². The molecule has 0 saturated carbocycles. The lowest BCUT2D eigenvalue weighted by atomic mass is 10.2. The molecule has 4 aromatic rings. The van der Waals surface area contributed by atoms with Crippen LogP contribution in [0.25, 0.3) is 10.2 Å². The number of carbonyl (C=O) groups is 1. The molecule has 0 radical (unpaired) electrons. The van der Waals surface area contributed by atoms with Crippen molar-refractivity contribution in [3.63, 3.8) is 0 Å². The van der Waals surface area contributed by atoms with Crippen LogP contribution in [-0.4, -0.2) is 38.7 Å². The molecule has 0 atom stereocenters. The van der Waals surface area contributed by atoms with Gasteiger partial charge in [-0.1, -0.05) is 29.5 Å². The first kappa shape index (κ1) is 25.6. The Kier molecular flexibility index (Phi) is 8.19. The van der Waals surface area contributed by atoms with Gasteiger partial charge in [-0.15, -0.1) is 0 Å². The first-order valence-corrected chi connectivity index (χ1v) is 13.8. The van der Waals surface area contributed by atoms with Crippen molar-refractivity contribution < 1.29 is 22.7 Å². The lowest BCUT2D eigenvalue weighted by Gasteiger charge is -2.08. The smallest absolute Gasteiger partial charge is 0.279 e. The fourth-order valence-corrected chi connectivity index (χ4v) is 5.72. The van der Waals surface area contributed by atoms with E-state index in [4.69, 9.17) is 9.47 Å². The van der Waals surface area contributed by atoms with Gasteiger partial charge in [-0.3, -0.25) is 9.52 Å². The van der Waals surface area contributed by atoms with Crippen LogP contribution in [0.2, 0.25) is 0 Å². The Morgan fingerprint density at radius 1 is 1.00 bits per heavy atom. The Morgan fingerprint density at radius 2 is 1.75 bits per heavy atom. The Balaban J connectivity index is 1.60. The van der Waals surface area contributed by atoms with E-state index in [1.54, 1.807) is 42.5 Å². The van der Waals surface area contributed by atoms with Crippen molar-refractivity contribution >= 4 is 43.2 Å². The molecular weight excluding hydrogens is 498 g/mol. The minimum atomic E-state index is -3.72. The molecule has 0 aliphatic heterocycles. The molecule has 4 rings (SSSR count). The number of nitrogens with one attached hydrogen (secondary N) is 1. The summed E-state index contributed by atoms with van der Waals surface area (Å²) in [6.45, 7) is 6.07. The average molecular weight is 526 g/mol. The molecule has 0 saturated heterocycles. The quantitative estimate of drug-likeness (QED) is 0.303. The van der Waals surface area contributed by atoms with E-state index < -0.39 is 15.9 Å². The van der Waals surface area contributed by atoms with Crippen molar-refractivity contribution in [1.82, 2.24) is 4.57 Å². The minimum absolute atomic E-state index is 0.161. The van der Waals surface area contributed by atoms with Gasteiger partial charge in [0, 0.05) is 24.4 Å². The van der Waals surface area contributed by atoms with Gasteiger partial charge in [-0.25, -0.2) is 8.42 Å². The van der Waals surface area contributed by atoms with E-state index in [1.165, 1.54) is 23.5 Å². The Hall–Kier alpha value is -3.47. The number of sulfonamides is 1. The van der Waals surface area contributed by atoms with Crippen LogP contribution in [0.1, 0.15) is 24.2 Å². The van der Waals surface area contributed by atoms with Gasteiger partial charge in [0.2, 0.25) is 0 Å². The Labute approximate surface area is 213 Å². The van der Waals surface area contributed by atoms with E-state index in [1.807, 2.05) is 36.6 Å². The highest BCUT2D eigenvalue weighted by molar-refractivity contribution is 7.92. The van der Waals surface area contributed by atoms with E-state index >= 15 is 0 Å². The van der Waals surface area contributed by atoms with E-state index in [0.29, 0.717) is 42.4 Å². The third-order valence-electron chi connectivity index (χ3n) is 5.26. The molecule has 0 aliphatic rings. The highest BCUT2D eigenvalue weighted by Crippen LogP contribution is 2.24. The van der Waals surface area contributed by atoms with Crippen LogP contribution in [0, 0.1) is 0 Å². The maximum Gasteiger partial charge on any atom is 0.279 e. The van der Waals surface area contributed by atoms with Crippen LogP contribution in [0.3, 0.4) is 0 Å². The lowest BCUT2D eigenvalue weighted by molar-refractivity contribution is 0.0996. The molecule has 188 valence electrons. The number of thiazole rings is 1. The average Bonchev–Trinajstić information content (AvgIpc) is 3.21. The largest absolute Gasteiger partial charge is 0.494 e. The molecule has 1 aromatic heterocycles. The van der Waals surface area contributed by atoms with Crippen LogP contribution in [0.15, 0.2) is 82.7 Å². The van der Waals surface area contributed by atoms with Crippen molar-refractivity contribution in [1.29, 1.82) is 0 Å². The first-order valence-electron chi connectivity index (χ1n) is 11.5. The molecule has 0 fully saturated rings. The number of benzene rings is 3. The normalized spacial score (nSPS) is 12.1. The number of carbonyl (C=O) groups excluding carboxylic acids is 1. The van der Waals surface area contributed by atoms with E-state index in [0.717, 1.165) is 16.0 Å². The van der Waals surface area contributed by atoms with Gasteiger partial charge in [-0.05, 0) is 68.4 Å². The zero-order valence-corrected chi connectivity index (χ0v) is 21.6. The summed E-state index contributed by atoms with van der Waals surface area (Å²) in [6.07, 6.45) is 0. The standard InChI is InChI=1S/C26H27N3O5S2/c1-3-33-17-16-29-23-15-14-21(34-4-2)18-24(23)35-26(29)27-25(30)19-10-12-20(13-11-19)28-36(31,32)22-8-6-5-7-9-22/h5-15,18,28H,3-4,16-17H2,1-2H3. The number of nitrogens with zero attached hydrogens (tertiary/aromatic N) is 2. The molecule has 0 bridgehead atoms. The van der Waals surface area contributed by atoms with Gasteiger partial charge in [0.1, 0.15) is 5.75 Å². The van der Waals surface area contributed by atoms with Crippen molar-refractivity contribution in [3.05, 3.63) is 83.2 Å². The van der Waals surface area contributed by atoms with Gasteiger partial charge in [0.15, 0.2) is 4.80 Å². The zero-order chi connectivity index (χ0) is 25.5. The first-order chi connectivity index (χ1) is 17.4. The molecule has 0 unspecified atom stereocenters. The van der Waals surface area contributed by atoms with Crippen LogP contribution in [0.5, 0.6) is 5.75 Å². The maximum absolute atomic E-state index is 13.0. The highest BCUT2D eigenvalue weighted by atomic mass is 32.2. The minimum Gasteiger partial charge on any atom is -0.494 e. The molecule has 1 amide bonds. The van der Waals surface area contributed by atoms with Crippen LogP contribution < -0.4 is 14.3 Å². The second kappa shape index (κ2) is 11.5. The van der Waals surface area contributed by atoms with Crippen LogP contribution in [0.4, 0.5) is 5.69 Å². The maximum atomic E-state index is 13.0. The number of fused-ring (bicyclic) bond motifs is 1. The summed E-state index contributed by atoms with van der Waals surface area (Å²) in [5.74, 6) is 0.337. The number of hydrogen-bond acceptors (Lipinski definition) is 6. The lowest BCUT2D eigenvalue weighted by Crippen LogP contribution is -2.19. The molecule has 1 N–H and O–H groups in total. The fourth-order valence-electron chi connectivity index (χ4n) is 3.56. The summed E-state index contributed by atoms with van der Waals surface area (Å²) in [4.78, 5) is 18.1. The zero-order valence-electron chi connectivity index (χ0n) is 20.0. The number of amides is 1. The number of ether oxygens (including phenoxy) is 2. The summed E-state index contributed by atoms with van der Waals surface area (Å²) in [5.41, 5.74) is 1.65. The van der Waals surface area contributed by atoms with Crippen molar-refractivity contribution in [2.45, 2.75) is 25.3 Å². The highest BCUT2D eigenvalue weighted by Gasteiger charge is 2.14. The molecule has 3 aromatic carbocycles. The number of anilines is 1. The third kappa shape index (κ3) is 6.01. The monoisotopic (exact) mass is 525 g/mol. The summed E-state index contributed by atoms with van der Waals surface area (Å²) < 4.78 is 41.7. The predicted octanol–water partition coefficient (Wildman–Crippen LogP) is 4.68. The van der Waals surface area contributed by atoms with Crippen LogP contribution >= 0.6 is 11.3 Å². The summed E-state index contributed by atoms with van der Waals surface area (Å²) in [7, 11) is -3.72. The van der Waals surface area contributed by atoms with E-state index in [2.05, 4.69) is 9.71 Å². The Bertz CT molecular complexity index is 1510. The van der Waals surface area contributed by atoms with Gasteiger partial charge in [-0.2, -0.15) is 4.99 Å². The van der Waals surface area contributed by atoms with Gasteiger partial charge < -0.3 is 14.0 Å². The van der Waals surface area contributed by atoms with E-state index in [9.17, 15) is 13.2 Å². The molecule has 8 nitrogen and oxygen atoms in total. The van der Waals surface area contributed by atoms with E-state index in [-0.39, 0.29) is 4.90 Å². The summed E-state index contributed by atoms with van der Waals surface area (Å²) >= 11 is 1.40. The molecule has 36 heavy (non-hydrogen) atoms.